The number of likely N-dealkylation sites (N-methyl/N-ethyl adjacent to an activating group) is 2. The third kappa shape index (κ3) is 10.9. The summed E-state index contributed by atoms with van der Waals surface area (Å²) in [5, 5.41) is 6.39. The minimum Gasteiger partial charge on any atom is -0.469 e. The summed E-state index contributed by atoms with van der Waals surface area (Å²) in [6, 6.07) is -0.999. The van der Waals surface area contributed by atoms with Gasteiger partial charge < -0.3 is 24.8 Å². The highest BCUT2D eigenvalue weighted by Gasteiger charge is 2.29. The van der Waals surface area contributed by atoms with Gasteiger partial charge in [-0.05, 0) is 27.4 Å². The molecule has 0 aromatic heterocycles. The molecule has 0 bridgehead atoms. The average molecular weight is 433 g/mol. The Balaban J connectivity index is 4.71. The third-order valence-electron chi connectivity index (χ3n) is 4.88. The van der Waals surface area contributed by atoms with Crippen molar-refractivity contribution in [2.75, 3.05) is 73.7 Å². The second-order valence-electron chi connectivity index (χ2n) is 6.77. The van der Waals surface area contributed by atoms with E-state index in [2.05, 4.69) is 10.6 Å². The molecule has 30 heavy (non-hydrogen) atoms. The zero-order valence-electron chi connectivity index (χ0n) is 19.4. The van der Waals surface area contributed by atoms with Gasteiger partial charge in [0.2, 0.25) is 0 Å². The van der Waals surface area contributed by atoms with Crippen LogP contribution in [0.2, 0.25) is 0 Å². The van der Waals surface area contributed by atoms with Crippen molar-refractivity contribution in [2.24, 2.45) is 0 Å². The highest BCUT2D eigenvalue weighted by Crippen LogP contribution is 2.08. The fourth-order valence-electron chi connectivity index (χ4n) is 3.03. The maximum absolute atomic E-state index is 12.2. The van der Waals surface area contributed by atoms with Crippen LogP contribution in [0.3, 0.4) is 0 Å². The van der Waals surface area contributed by atoms with Crippen molar-refractivity contribution in [3.63, 3.8) is 0 Å². The molecule has 0 saturated carbocycles. The van der Waals surface area contributed by atoms with E-state index in [-0.39, 0.29) is 18.4 Å². The predicted molar refractivity (Wildman–Crippen MR) is 114 cm³/mol. The number of rotatable bonds is 17. The van der Waals surface area contributed by atoms with Crippen molar-refractivity contribution in [1.29, 1.82) is 0 Å². The Bertz CT molecular complexity index is 506. The lowest BCUT2D eigenvalue weighted by Gasteiger charge is -2.30. The summed E-state index contributed by atoms with van der Waals surface area (Å²) in [5.41, 5.74) is 0. The van der Waals surface area contributed by atoms with Crippen molar-refractivity contribution in [2.45, 2.75) is 39.3 Å². The number of ether oxygens (including phenoxy) is 3. The highest BCUT2D eigenvalue weighted by molar-refractivity contribution is 5.82. The van der Waals surface area contributed by atoms with Crippen LogP contribution in [-0.4, -0.2) is 113 Å². The number of esters is 3. The maximum Gasteiger partial charge on any atom is 0.323 e. The van der Waals surface area contributed by atoms with E-state index in [0.717, 1.165) is 6.54 Å². The van der Waals surface area contributed by atoms with Crippen LogP contribution in [0.4, 0.5) is 0 Å². The molecule has 0 aliphatic rings. The molecule has 0 aliphatic carbocycles. The summed E-state index contributed by atoms with van der Waals surface area (Å²) in [7, 11) is 4.44. The molecule has 0 fully saturated rings. The summed E-state index contributed by atoms with van der Waals surface area (Å²) in [6.45, 7) is 10.5. The van der Waals surface area contributed by atoms with Gasteiger partial charge in [0, 0.05) is 39.3 Å². The number of carbonyl (C=O) groups excluding carboxylic acids is 3. The smallest absolute Gasteiger partial charge is 0.323 e. The van der Waals surface area contributed by atoms with E-state index in [1.54, 1.807) is 6.92 Å². The number of hydrogen-bond acceptors (Lipinski definition) is 10. The molecular weight excluding hydrogens is 392 g/mol. The molecule has 0 radical (unpaired) electrons. The van der Waals surface area contributed by atoms with Crippen molar-refractivity contribution in [1.82, 2.24) is 20.4 Å². The maximum atomic E-state index is 12.2. The Morgan fingerprint density at radius 1 is 0.900 bits per heavy atom. The Morgan fingerprint density at radius 2 is 1.50 bits per heavy atom. The topological polar surface area (TPSA) is 109 Å². The van der Waals surface area contributed by atoms with Gasteiger partial charge in [-0.3, -0.25) is 24.2 Å². The first-order valence-electron chi connectivity index (χ1n) is 10.5. The van der Waals surface area contributed by atoms with Crippen LogP contribution in [0.5, 0.6) is 0 Å². The zero-order chi connectivity index (χ0) is 22.9. The Morgan fingerprint density at radius 3 is 2.00 bits per heavy atom. The Labute approximate surface area is 180 Å². The second kappa shape index (κ2) is 17.0. The molecule has 0 heterocycles. The molecule has 0 aromatic rings. The van der Waals surface area contributed by atoms with E-state index >= 15 is 0 Å². The lowest BCUT2D eigenvalue weighted by Crippen LogP contribution is -2.49. The van der Waals surface area contributed by atoms with Crippen LogP contribution in [0.1, 0.15) is 27.2 Å². The molecule has 176 valence electrons. The zero-order valence-corrected chi connectivity index (χ0v) is 19.4. The van der Waals surface area contributed by atoms with Gasteiger partial charge in [0.15, 0.2) is 0 Å². The van der Waals surface area contributed by atoms with E-state index in [4.69, 9.17) is 14.2 Å². The van der Waals surface area contributed by atoms with Crippen LogP contribution in [0, 0.1) is 0 Å². The average Bonchev–Trinajstić information content (AvgIpc) is 2.75. The number of nitrogens with one attached hydrogen (secondary N) is 2. The van der Waals surface area contributed by atoms with Crippen LogP contribution < -0.4 is 10.6 Å². The first-order valence-corrected chi connectivity index (χ1v) is 10.5. The first kappa shape index (κ1) is 28.2. The van der Waals surface area contributed by atoms with Gasteiger partial charge in [0.1, 0.15) is 12.1 Å². The fourth-order valence-corrected chi connectivity index (χ4v) is 3.03. The summed E-state index contributed by atoms with van der Waals surface area (Å²) >= 11 is 0. The van der Waals surface area contributed by atoms with Gasteiger partial charge in [-0.15, -0.1) is 0 Å². The molecule has 0 rings (SSSR count). The lowest BCUT2D eigenvalue weighted by atomic mass is 10.1. The Hall–Kier alpha value is -1.75. The van der Waals surface area contributed by atoms with Gasteiger partial charge in [-0.1, -0.05) is 6.92 Å². The third-order valence-corrected chi connectivity index (χ3v) is 4.88. The molecule has 10 nitrogen and oxygen atoms in total. The van der Waals surface area contributed by atoms with Gasteiger partial charge in [0.25, 0.3) is 0 Å². The van der Waals surface area contributed by atoms with Gasteiger partial charge in [-0.2, -0.15) is 0 Å². The van der Waals surface area contributed by atoms with Crippen LogP contribution in [0.15, 0.2) is 0 Å². The fraction of sp³-hybridized carbons (Fsp3) is 0.850. The Kier molecular flexibility index (Phi) is 16.0. The van der Waals surface area contributed by atoms with Gasteiger partial charge in [0.05, 0.1) is 27.2 Å². The van der Waals surface area contributed by atoms with E-state index in [0.29, 0.717) is 45.9 Å². The second-order valence-corrected chi connectivity index (χ2v) is 6.77. The minimum atomic E-state index is -0.700. The van der Waals surface area contributed by atoms with Crippen LogP contribution in [-0.2, 0) is 28.6 Å². The van der Waals surface area contributed by atoms with Crippen molar-refractivity contribution >= 4 is 17.9 Å². The van der Waals surface area contributed by atoms with E-state index in [1.165, 1.54) is 14.2 Å². The highest BCUT2D eigenvalue weighted by atomic mass is 16.5. The SMILES string of the molecule is CCOC(=O)C(C)N(CC)CCNCCN(CCNC)C(CC(=O)OC)C(=O)OC. The number of methoxy groups -OCH3 is 2. The molecule has 0 saturated heterocycles. The summed E-state index contributed by atoms with van der Waals surface area (Å²) < 4.78 is 14.7. The summed E-state index contributed by atoms with van der Waals surface area (Å²) in [5.74, 6) is -1.14. The van der Waals surface area contributed by atoms with Crippen LogP contribution in [0.25, 0.3) is 0 Å². The van der Waals surface area contributed by atoms with E-state index < -0.39 is 18.0 Å². The van der Waals surface area contributed by atoms with E-state index in [9.17, 15) is 14.4 Å². The van der Waals surface area contributed by atoms with Crippen molar-refractivity contribution in [3.05, 3.63) is 0 Å². The monoisotopic (exact) mass is 432 g/mol. The molecular formula is C20H40N4O6. The predicted octanol–water partition coefficient (Wildman–Crippen LogP) is -0.524. The van der Waals surface area contributed by atoms with Crippen molar-refractivity contribution < 1.29 is 28.6 Å². The summed E-state index contributed by atoms with van der Waals surface area (Å²) in [4.78, 5) is 39.8. The lowest BCUT2D eigenvalue weighted by molar-refractivity contribution is -0.153. The van der Waals surface area contributed by atoms with E-state index in [1.807, 2.05) is 30.7 Å². The van der Waals surface area contributed by atoms with Gasteiger partial charge in [-0.25, -0.2) is 0 Å². The minimum absolute atomic E-state index is 0.0619. The summed E-state index contributed by atoms with van der Waals surface area (Å²) in [6.07, 6.45) is -0.0619. The quantitative estimate of drug-likeness (QED) is 0.177. The standard InChI is InChI=1S/C20H40N4O6/c1-7-23(16(3)19(26)30-8-2)13-10-22-11-14-24(12-9-21-4)17(20(27)29-6)15-18(25)28-5/h16-17,21-22H,7-15H2,1-6H3. The molecule has 0 amide bonds. The van der Waals surface area contributed by atoms with Crippen LogP contribution >= 0.6 is 0 Å². The molecule has 10 heteroatoms. The molecule has 2 unspecified atom stereocenters. The number of hydrogen-bond donors (Lipinski definition) is 2. The van der Waals surface area contributed by atoms with Gasteiger partial charge >= 0.3 is 17.9 Å². The molecule has 2 atom stereocenters. The molecule has 2 N–H and O–H groups in total. The molecule has 0 spiro atoms. The molecule has 0 aliphatic heterocycles. The first-order chi connectivity index (χ1) is 14.4. The number of nitrogens with zero attached hydrogens (tertiary/aromatic N) is 2. The number of carbonyl (C=O) groups is 3. The molecule has 0 aromatic carbocycles. The normalized spacial score (nSPS) is 13.2. The largest absolute Gasteiger partial charge is 0.469 e. The van der Waals surface area contributed by atoms with Crippen molar-refractivity contribution in [3.8, 4) is 0 Å².